The standard InChI is InChI=1S/C6H12N4O/c1-3-4(2)5(6(7)11)9-10-8/h4-5H,3H2,1-2H3,(H2,7,11)/t4-,5-/m0/s1. The second-order valence-corrected chi connectivity index (χ2v) is 2.44. The average molecular weight is 156 g/mol. The Morgan fingerprint density at radius 3 is 2.64 bits per heavy atom. The van der Waals surface area contributed by atoms with Crippen LogP contribution in [0.15, 0.2) is 5.11 Å². The number of nitrogens with two attached hydrogens (primary N) is 1. The third-order valence-corrected chi connectivity index (χ3v) is 1.65. The maximum absolute atomic E-state index is 10.6. The fourth-order valence-electron chi connectivity index (χ4n) is 0.730. The highest BCUT2D eigenvalue weighted by Crippen LogP contribution is 2.10. The van der Waals surface area contributed by atoms with Gasteiger partial charge in [0.2, 0.25) is 5.91 Å². The molecule has 0 rings (SSSR count). The van der Waals surface area contributed by atoms with Gasteiger partial charge in [-0.05, 0) is 11.4 Å². The maximum atomic E-state index is 10.6. The first kappa shape index (κ1) is 9.78. The molecule has 2 N–H and O–H groups in total. The van der Waals surface area contributed by atoms with Crippen molar-refractivity contribution in [2.24, 2.45) is 16.8 Å². The van der Waals surface area contributed by atoms with Crippen LogP contribution >= 0.6 is 0 Å². The van der Waals surface area contributed by atoms with Crippen LogP contribution in [0.5, 0.6) is 0 Å². The lowest BCUT2D eigenvalue weighted by atomic mass is 10.00. The summed E-state index contributed by atoms with van der Waals surface area (Å²) in [6, 6.07) is -0.704. The Kier molecular flexibility index (Phi) is 4.07. The maximum Gasteiger partial charge on any atom is 0.226 e. The highest BCUT2D eigenvalue weighted by atomic mass is 16.1. The Hall–Kier alpha value is -1.22. The van der Waals surface area contributed by atoms with Crippen molar-refractivity contribution in [1.82, 2.24) is 0 Å². The first-order chi connectivity index (χ1) is 5.13. The second kappa shape index (κ2) is 4.57. The highest BCUT2D eigenvalue weighted by Gasteiger charge is 2.19. The number of hydrogen-bond acceptors (Lipinski definition) is 2. The minimum Gasteiger partial charge on any atom is -0.369 e. The van der Waals surface area contributed by atoms with Gasteiger partial charge in [0.1, 0.15) is 6.04 Å². The normalized spacial score (nSPS) is 14.7. The molecule has 0 aromatic rings. The molecular weight excluding hydrogens is 144 g/mol. The van der Waals surface area contributed by atoms with E-state index in [1.54, 1.807) is 0 Å². The molecule has 0 heterocycles. The van der Waals surface area contributed by atoms with Crippen molar-refractivity contribution in [3.63, 3.8) is 0 Å². The molecule has 0 aliphatic carbocycles. The van der Waals surface area contributed by atoms with Gasteiger partial charge in [0.05, 0.1) is 0 Å². The molecule has 0 aromatic heterocycles. The van der Waals surface area contributed by atoms with E-state index in [1.807, 2.05) is 13.8 Å². The quantitative estimate of drug-likeness (QED) is 0.369. The Labute approximate surface area is 65.2 Å². The van der Waals surface area contributed by atoms with Crippen molar-refractivity contribution in [3.8, 4) is 0 Å². The van der Waals surface area contributed by atoms with Crippen molar-refractivity contribution >= 4 is 5.91 Å². The van der Waals surface area contributed by atoms with Crippen molar-refractivity contribution < 1.29 is 4.79 Å². The molecule has 0 radical (unpaired) electrons. The summed E-state index contributed by atoms with van der Waals surface area (Å²) in [7, 11) is 0. The van der Waals surface area contributed by atoms with Gasteiger partial charge in [-0.25, -0.2) is 0 Å². The van der Waals surface area contributed by atoms with Gasteiger partial charge >= 0.3 is 0 Å². The van der Waals surface area contributed by atoms with Gasteiger partial charge in [-0.1, -0.05) is 25.4 Å². The molecule has 0 aromatic carbocycles. The molecule has 1 amide bonds. The minimum absolute atomic E-state index is 0.0170. The summed E-state index contributed by atoms with van der Waals surface area (Å²) in [5.41, 5.74) is 13.1. The molecule has 0 saturated heterocycles. The van der Waals surface area contributed by atoms with Gasteiger partial charge in [-0.15, -0.1) is 0 Å². The van der Waals surface area contributed by atoms with E-state index in [9.17, 15) is 4.79 Å². The van der Waals surface area contributed by atoms with Crippen LogP contribution in [0.3, 0.4) is 0 Å². The Morgan fingerprint density at radius 2 is 2.36 bits per heavy atom. The van der Waals surface area contributed by atoms with E-state index >= 15 is 0 Å². The predicted molar refractivity (Wildman–Crippen MR) is 41.6 cm³/mol. The number of rotatable bonds is 4. The summed E-state index contributed by atoms with van der Waals surface area (Å²) in [6.45, 7) is 3.73. The third kappa shape index (κ3) is 2.91. The van der Waals surface area contributed by atoms with E-state index in [0.29, 0.717) is 0 Å². The molecule has 62 valence electrons. The number of azide groups is 1. The number of amides is 1. The fourth-order valence-corrected chi connectivity index (χ4v) is 0.730. The second-order valence-electron chi connectivity index (χ2n) is 2.44. The molecule has 11 heavy (non-hydrogen) atoms. The fraction of sp³-hybridized carbons (Fsp3) is 0.833. The van der Waals surface area contributed by atoms with Crippen molar-refractivity contribution in [2.45, 2.75) is 26.3 Å². The number of carbonyl (C=O) groups is 1. The molecule has 0 aliphatic heterocycles. The van der Waals surface area contributed by atoms with Crippen LogP contribution in [0.1, 0.15) is 20.3 Å². The molecule has 0 spiro atoms. The van der Waals surface area contributed by atoms with Crippen molar-refractivity contribution in [3.05, 3.63) is 10.4 Å². The van der Waals surface area contributed by atoms with Gasteiger partial charge in [-0.2, -0.15) is 0 Å². The third-order valence-electron chi connectivity index (χ3n) is 1.65. The Bertz CT molecular complexity index is 183. The van der Waals surface area contributed by atoms with Crippen LogP contribution in [0, 0.1) is 5.92 Å². The van der Waals surface area contributed by atoms with E-state index < -0.39 is 11.9 Å². The van der Waals surface area contributed by atoms with Gasteiger partial charge in [0.15, 0.2) is 0 Å². The van der Waals surface area contributed by atoms with Crippen LogP contribution in [0.2, 0.25) is 0 Å². The molecule has 5 heteroatoms. The summed E-state index contributed by atoms with van der Waals surface area (Å²) in [5, 5.41) is 3.30. The molecule has 2 atom stereocenters. The van der Waals surface area contributed by atoms with E-state index in [1.165, 1.54) is 0 Å². The lowest BCUT2D eigenvalue weighted by Crippen LogP contribution is -2.31. The number of carbonyl (C=O) groups excluding carboxylic acids is 1. The van der Waals surface area contributed by atoms with E-state index in [4.69, 9.17) is 11.3 Å². The van der Waals surface area contributed by atoms with E-state index in [-0.39, 0.29) is 5.92 Å². The van der Waals surface area contributed by atoms with Gasteiger partial charge in [0, 0.05) is 4.91 Å². The summed E-state index contributed by atoms with van der Waals surface area (Å²) in [6.07, 6.45) is 0.770. The Balaban J connectivity index is 4.32. The average Bonchev–Trinajstić information content (AvgIpc) is 1.98. The van der Waals surface area contributed by atoms with Crippen molar-refractivity contribution in [2.75, 3.05) is 0 Å². The highest BCUT2D eigenvalue weighted by molar-refractivity contribution is 5.80. The number of nitrogens with zero attached hydrogens (tertiary/aromatic N) is 3. The first-order valence-electron chi connectivity index (χ1n) is 3.47. The minimum atomic E-state index is -0.704. The van der Waals surface area contributed by atoms with Crippen LogP contribution in [-0.2, 0) is 4.79 Å². The van der Waals surface area contributed by atoms with E-state index in [0.717, 1.165) is 6.42 Å². The monoisotopic (exact) mass is 156 g/mol. The smallest absolute Gasteiger partial charge is 0.226 e. The Morgan fingerprint density at radius 1 is 1.82 bits per heavy atom. The van der Waals surface area contributed by atoms with Crippen LogP contribution in [-0.4, -0.2) is 11.9 Å². The summed E-state index contributed by atoms with van der Waals surface area (Å²) in [4.78, 5) is 13.2. The van der Waals surface area contributed by atoms with Gasteiger partial charge < -0.3 is 5.73 Å². The van der Waals surface area contributed by atoms with Crippen LogP contribution in [0.4, 0.5) is 0 Å². The van der Waals surface area contributed by atoms with Crippen LogP contribution in [0.25, 0.3) is 10.4 Å². The molecule has 0 aliphatic rings. The zero-order valence-electron chi connectivity index (χ0n) is 6.69. The molecule has 5 nitrogen and oxygen atoms in total. The lowest BCUT2D eigenvalue weighted by molar-refractivity contribution is -0.120. The molecular formula is C6H12N4O. The predicted octanol–water partition coefficient (Wildman–Crippen LogP) is 1.20. The van der Waals surface area contributed by atoms with E-state index in [2.05, 4.69) is 10.0 Å². The largest absolute Gasteiger partial charge is 0.369 e. The first-order valence-corrected chi connectivity index (χ1v) is 3.47. The molecule has 0 fully saturated rings. The SMILES string of the molecule is CC[C@H](C)[C@H](N=[N+]=[N-])C(N)=O. The van der Waals surface area contributed by atoms with Gasteiger partial charge in [0.25, 0.3) is 0 Å². The van der Waals surface area contributed by atoms with Crippen LogP contribution < -0.4 is 5.73 Å². The molecule has 0 bridgehead atoms. The number of primary amides is 1. The van der Waals surface area contributed by atoms with Gasteiger partial charge in [-0.3, -0.25) is 4.79 Å². The summed E-state index contributed by atoms with van der Waals surface area (Å²) in [5.74, 6) is -0.541. The zero-order valence-corrected chi connectivity index (χ0v) is 6.69. The summed E-state index contributed by atoms with van der Waals surface area (Å²) >= 11 is 0. The lowest BCUT2D eigenvalue weighted by Gasteiger charge is -2.12. The topological polar surface area (TPSA) is 91.8 Å². The molecule has 0 saturated carbocycles. The molecule has 0 unspecified atom stereocenters. The summed E-state index contributed by atoms with van der Waals surface area (Å²) < 4.78 is 0. The van der Waals surface area contributed by atoms with Crippen molar-refractivity contribution in [1.29, 1.82) is 0 Å². The zero-order chi connectivity index (χ0) is 8.85. The number of hydrogen-bond donors (Lipinski definition) is 1.